The molecule has 2 nitrogen and oxygen atoms in total. The van der Waals surface area contributed by atoms with Crippen molar-refractivity contribution in [2.45, 2.75) is 71.1 Å². The van der Waals surface area contributed by atoms with Crippen molar-refractivity contribution in [2.75, 3.05) is 13.2 Å². The van der Waals surface area contributed by atoms with Crippen LogP contribution in [0.5, 0.6) is 0 Å². The van der Waals surface area contributed by atoms with Crippen LogP contribution in [0.3, 0.4) is 0 Å². The Kier molecular flexibility index (Phi) is 3.33. The predicted octanol–water partition coefficient (Wildman–Crippen LogP) is 3.41. The largest absolute Gasteiger partial charge is 0.358 e. The summed E-state index contributed by atoms with van der Waals surface area (Å²) in [6.07, 6.45) is 6.48. The van der Waals surface area contributed by atoms with Gasteiger partial charge in [0.05, 0.1) is 6.61 Å². The second-order valence-corrected chi connectivity index (χ2v) is 6.09. The van der Waals surface area contributed by atoms with Gasteiger partial charge in [-0.05, 0) is 26.7 Å². The normalized spacial score (nSPS) is 34.5. The maximum atomic E-state index is 6.23. The zero-order valence-electron chi connectivity index (χ0n) is 11.4. The van der Waals surface area contributed by atoms with Gasteiger partial charge in [0, 0.05) is 24.4 Å². The van der Waals surface area contributed by atoms with E-state index in [1.54, 1.807) is 0 Å². The van der Waals surface area contributed by atoms with E-state index < -0.39 is 0 Å². The molecule has 0 saturated carbocycles. The van der Waals surface area contributed by atoms with E-state index in [1.165, 1.54) is 38.6 Å². The first kappa shape index (κ1) is 12.4. The number of hydrogen-bond acceptors (Lipinski definition) is 2. The quantitative estimate of drug-likeness (QED) is 0.711. The molecule has 0 aliphatic carbocycles. The van der Waals surface area contributed by atoms with Gasteiger partial charge in [-0.3, -0.25) is 4.90 Å². The summed E-state index contributed by atoms with van der Waals surface area (Å²) in [4.78, 5) is 2.61. The van der Waals surface area contributed by atoms with Gasteiger partial charge < -0.3 is 4.74 Å². The zero-order chi connectivity index (χ0) is 11.8. The van der Waals surface area contributed by atoms with Crippen molar-refractivity contribution in [1.29, 1.82) is 0 Å². The lowest BCUT2D eigenvalue weighted by Crippen LogP contribution is -2.65. The first-order chi connectivity index (χ1) is 7.57. The van der Waals surface area contributed by atoms with Gasteiger partial charge in [0.15, 0.2) is 0 Å². The van der Waals surface area contributed by atoms with Crippen molar-refractivity contribution >= 4 is 0 Å². The number of unbranched alkanes of at least 4 members (excludes halogenated alkanes) is 1. The molecule has 2 fully saturated rings. The molecule has 0 bridgehead atoms. The van der Waals surface area contributed by atoms with Crippen molar-refractivity contribution in [1.82, 2.24) is 4.90 Å². The summed E-state index contributed by atoms with van der Waals surface area (Å²) in [5.74, 6) is 0.739. The van der Waals surface area contributed by atoms with E-state index in [1.807, 2.05) is 0 Å². The lowest BCUT2D eigenvalue weighted by molar-refractivity contribution is -0.200. The highest BCUT2D eigenvalue weighted by Crippen LogP contribution is 2.51. The molecule has 2 heterocycles. The topological polar surface area (TPSA) is 12.5 Å². The summed E-state index contributed by atoms with van der Waals surface area (Å²) in [6, 6.07) is 0. The summed E-state index contributed by atoms with van der Waals surface area (Å²) in [5.41, 5.74) is 0.380. The predicted molar refractivity (Wildman–Crippen MR) is 67.4 cm³/mol. The molecule has 2 saturated heterocycles. The molecule has 16 heavy (non-hydrogen) atoms. The van der Waals surface area contributed by atoms with Gasteiger partial charge in [0.25, 0.3) is 0 Å². The van der Waals surface area contributed by atoms with Crippen LogP contribution in [0, 0.1) is 5.92 Å². The van der Waals surface area contributed by atoms with Crippen LogP contribution in [0.4, 0.5) is 0 Å². The van der Waals surface area contributed by atoms with Crippen LogP contribution in [0.25, 0.3) is 0 Å². The van der Waals surface area contributed by atoms with Crippen LogP contribution in [0.1, 0.15) is 59.8 Å². The molecule has 0 aromatic rings. The number of ether oxygens (including phenoxy) is 1. The number of hydrogen-bond donors (Lipinski definition) is 0. The van der Waals surface area contributed by atoms with Gasteiger partial charge in [-0.25, -0.2) is 0 Å². The molecule has 0 radical (unpaired) electrons. The van der Waals surface area contributed by atoms with E-state index in [0.29, 0.717) is 0 Å². The first-order valence-corrected chi connectivity index (χ1v) is 6.98. The van der Waals surface area contributed by atoms with Gasteiger partial charge >= 0.3 is 0 Å². The van der Waals surface area contributed by atoms with Gasteiger partial charge in [0.1, 0.15) is 5.72 Å². The summed E-state index contributed by atoms with van der Waals surface area (Å²) < 4.78 is 6.23. The average Bonchev–Trinajstić information content (AvgIpc) is 2.36. The van der Waals surface area contributed by atoms with Crippen molar-refractivity contribution in [2.24, 2.45) is 5.92 Å². The van der Waals surface area contributed by atoms with Crippen molar-refractivity contribution in [3.8, 4) is 0 Å². The van der Waals surface area contributed by atoms with E-state index in [9.17, 15) is 0 Å². The summed E-state index contributed by atoms with van der Waals surface area (Å²) in [5, 5.41) is 0. The Hall–Kier alpha value is -0.0800. The Morgan fingerprint density at radius 3 is 2.50 bits per heavy atom. The Morgan fingerprint density at radius 1 is 1.31 bits per heavy atom. The van der Waals surface area contributed by atoms with Crippen molar-refractivity contribution < 1.29 is 4.74 Å². The number of fused-ring (bicyclic) bond motifs is 1. The van der Waals surface area contributed by atoms with E-state index >= 15 is 0 Å². The molecule has 2 aliphatic heterocycles. The standard InChI is InChI=1S/C14H27NO/c1-5-7-8-12(6-2)14-9-10-15(14)13(3,4)11-16-14/h12H,5-11H2,1-4H3. The Balaban J connectivity index is 2.07. The maximum Gasteiger partial charge on any atom is 0.126 e. The Labute approximate surface area is 100 Å². The van der Waals surface area contributed by atoms with Crippen molar-refractivity contribution in [3.05, 3.63) is 0 Å². The lowest BCUT2D eigenvalue weighted by Gasteiger charge is -2.54. The fourth-order valence-corrected chi connectivity index (χ4v) is 3.53. The van der Waals surface area contributed by atoms with E-state index in [4.69, 9.17) is 4.74 Å². The minimum atomic E-state index is 0.118. The second kappa shape index (κ2) is 4.30. The second-order valence-electron chi connectivity index (χ2n) is 6.09. The fourth-order valence-electron chi connectivity index (χ4n) is 3.53. The molecule has 94 valence electrons. The average molecular weight is 225 g/mol. The molecule has 2 aliphatic rings. The Morgan fingerprint density at radius 2 is 2.06 bits per heavy atom. The molecule has 2 unspecified atom stereocenters. The summed E-state index contributed by atoms with van der Waals surface area (Å²) in [7, 11) is 0. The minimum Gasteiger partial charge on any atom is -0.358 e. The van der Waals surface area contributed by atoms with Gasteiger partial charge in [-0.2, -0.15) is 0 Å². The fraction of sp³-hybridized carbons (Fsp3) is 1.00. The zero-order valence-corrected chi connectivity index (χ0v) is 11.4. The Bertz CT molecular complexity index is 251. The smallest absolute Gasteiger partial charge is 0.126 e. The van der Waals surface area contributed by atoms with E-state index in [0.717, 1.165) is 12.5 Å². The third-order valence-electron chi connectivity index (χ3n) is 4.59. The summed E-state index contributed by atoms with van der Waals surface area (Å²) in [6.45, 7) is 11.4. The molecule has 2 heteroatoms. The van der Waals surface area contributed by atoms with E-state index in [2.05, 4.69) is 32.6 Å². The molecule has 0 spiro atoms. The third kappa shape index (κ3) is 1.70. The molecule has 0 aromatic heterocycles. The molecule has 0 N–H and O–H groups in total. The number of rotatable bonds is 5. The van der Waals surface area contributed by atoms with Crippen LogP contribution in [-0.2, 0) is 4.74 Å². The van der Waals surface area contributed by atoms with Crippen molar-refractivity contribution in [3.63, 3.8) is 0 Å². The van der Waals surface area contributed by atoms with Crippen LogP contribution < -0.4 is 0 Å². The third-order valence-corrected chi connectivity index (χ3v) is 4.59. The molecule has 2 atom stereocenters. The van der Waals surface area contributed by atoms with Gasteiger partial charge in [-0.1, -0.05) is 26.7 Å². The van der Waals surface area contributed by atoms with Gasteiger partial charge in [0.2, 0.25) is 0 Å². The highest BCUT2D eigenvalue weighted by Gasteiger charge is 2.60. The van der Waals surface area contributed by atoms with Gasteiger partial charge in [-0.15, -0.1) is 0 Å². The minimum absolute atomic E-state index is 0.118. The summed E-state index contributed by atoms with van der Waals surface area (Å²) >= 11 is 0. The monoisotopic (exact) mass is 225 g/mol. The number of nitrogens with zero attached hydrogens (tertiary/aromatic N) is 1. The van der Waals surface area contributed by atoms with Crippen LogP contribution >= 0.6 is 0 Å². The first-order valence-electron chi connectivity index (χ1n) is 6.98. The van der Waals surface area contributed by atoms with E-state index in [-0.39, 0.29) is 11.3 Å². The maximum absolute atomic E-state index is 6.23. The highest BCUT2D eigenvalue weighted by molar-refractivity contribution is 5.07. The highest BCUT2D eigenvalue weighted by atomic mass is 16.5. The molecule has 0 amide bonds. The van der Waals surface area contributed by atoms with Crippen LogP contribution in [-0.4, -0.2) is 29.3 Å². The molecular formula is C14H27NO. The van der Waals surface area contributed by atoms with Crippen LogP contribution in [0.2, 0.25) is 0 Å². The molecule has 2 rings (SSSR count). The lowest BCUT2D eigenvalue weighted by atomic mass is 9.78. The molecular weight excluding hydrogens is 198 g/mol. The SMILES string of the molecule is CCCCC(CC)C12CCN1C(C)(C)CO2. The van der Waals surface area contributed by atoms with Crippen LogP contribution in [0.15, 0.2) is 0 Å². The molecule has 0 aromatic carbocycles.